The van der Waals surface area contributed by atoms with Gasteiger partial charge in [-0.25, -0.2) is 0 Å². The molecule has 2 rings (SSSR count). The van der Waals surface area contributed by atoms with Crippen molar-refractivity contribution in [1.82, 2.24) is 5.32 Å². The molecule has 0 spiro atoms. The van der Waals surface area contributed by atoms with Crippen LogP contribution in [0.15, 0.2) is 12.3 Å². The van der Waals surface area contributed by atoms with E-state index in [4.69, 9.17) is 4.74 Å². The average Bonchev–Trinajstić information content (AvgIpc) is 2.80. The maximum Gasteiger partial charge on any atom is 0.110 e. The Morgan fingerprint density at radius 3 is 2.81 bits per heavy atom. The van der Waals surface area contributed by atoms with Gasteiger partial charge in [0.15, 0.2) is 0 Å². The lowest BCUT2D eigenvalue weighted by molar-refractivity contribution is 0.101. The van der Waals surface area contributed by atoms with Crippen molar-refractivity contribution in [3.63, 3.8) is 0 Å². The van der Waals surface area contributed by atoms with Gasteiger partial charge < -0.3 is 15.2 Å². The summed E-state index contributed by atoms with van der Waals surface area (Å²) in [5.41, 5.74) is 0.157. The molecule has 1 unspecified atom stereocenters. The molecule has 0 aromatic rings. The second-order valence-electron chi connectivity index (χ2n) is 5.20. The van der Waals surface area contributed by atoms with Crippen molar-refractivity contribution in [2.24, 2.45) is 5.41 Å². The molecule has 3 nitrogen and oxygen atoms in total. The van der Waals surface area contributed by atoms with Gasteiger partial charge in [-0.05, 0) is 31.8 Å². The van der Waals surface area contributed by atoms with Gasteiger partial charge in [-0.15, -0.1) is 0 Å². The van der Waals surface area contributed by atoms with E-state index in [0.29, 0.717) is 12.7 Å². The van der Waals surface area contributed by atoms with Crippen LogP contribution < -0.4 is 5.32 Å². The van der Waals surface area contributed by atoms with Crippen molar-refractivity contribution in [3.05, 3.63) is 12.3 Å². The maximum absolute atomic E-state index is 9.47. The molecule has 2 N–H and O–H groups in total. The van der Waals surface area contributed by atoms with E-state index >= 15 is 0 Å². The molecule has 1 fully saturated rings. The summed E-state index contributed by atoms with van der Waals surface area (Å²) >= 11 is 0. The van der Waals surface area contributed by atoms with Crippen LogP contribution in [-0.4, -0.2) is 30.9 Å². The summed E-state index contributed by atoms with van der Waals surface area (Å²) in [6, 6.07) is 0. The quantitative estimate of drug-likeness (QED) is 0.750. The third kappa shape index (κ3) is 2.98. The van der Waals surface area contributed by atoms with Crippen LogP contribution in [0.2, 0.25) is 0 Å². The smallest absolute Gasteiger partial charge is 0.110 e. The highest BCUT2D eigenvalue weighted by Gasteiger charge is 2.32. The predicted molar refractivity (Wildman–Crippen MR) is 64.1 cm³/mol. The van der Waals surface area contributed by atoms with Crippen molar-refractivity contribution in [1.29, 1.82) is 0 Å². The lowest BCUT2D eigenvalue weighted by Crippen LogP contribution is -2.39. The number of aliphatic hydroxyl groups is 1. The van der Waals surface area contributed by atoms with Crippen molar-refractivity contribution in [2.75, 3.05) is 19.7 Å². The molecule has 2 aliphatic rings. The minimum atomic E-state index is 0.157. The van der Waals surface area contributed by atoms with E-state index in [2.05, 4.69) is 11.4 Å². The number of aliphatic hydroxyl groups excluding tert-OH is 1. The Bertz CT molecular complexity index is 234. The Labute approximate surface area is 97.9 Å². The van der Waals surface area contributed by atoms with E-state index in [1.807, 2.05) is 6.26 Å². The molecular formula is C13H23NO2. The number of ether oxygens (including phenoxy) is 1. The third-order valence-electron chi connectivity index (χ3n) is 3.89. The normalized spacial score (nSPS) is 27.9. The molecule has 0 amide bonds. The highest BCUT2D eigenvalue weighted by molar-refractivity contribution is 4.87. The fourth-order valence-corrected chi connectivity index (χ4v) is 2.75. The lowest BCUT2D eigenvalue weighted by atomic mass is 9.87. The fraction of sp³-hybridized carbons (Fsp3) is 0.846. The zero-order valence-electron chi connectivity index (χ0n) is 9.95. The molecule has 92 valence electrons. The molecule has 0 saturated heterocycles. The monoisotopic (exact) mass is 225 g/mol. The molecule has 1 atom stereocenters. The summed E-state index contributed by atoms with van der Waals surface area (Å²) < 4.78 is 5.50. The van der Waals surface area contributed by atoms with Crippen LogP contribution in [0, 0.1) is 5.41 Å². The molecule has 3 heteroatoms. The first kappa shape index (κ1) is 11.9. The molecule has 16 heavy (non-hydrogen) atoms. The Kier molecular flexibility index (Phi) is 4.24. The fourth-order valence-electron chi connectivity index (χ4n) is 2.75. The van der Waals surface area contributed by atoms with Gasteiger partial charge in [-0.2, -0.15) is 0 Å². The molecule has 0 aromatic heterocycles. The van der Waals surface area contributed by atoms with Gasteiger partial charge >= 0.3 is 0 Å². The largest absolute Gasteiger partial charge is 0.497 e. The predicted octanol–water partition coefficient (Wildman–Crippen LogP) is 1.82. The first-order chi connectivity index (χ1) is 7.85. The number of allylic oxidation sites excluding steroid dienone is 1. The SMILES string of the molecule is OCC1(CNCC2CCC=CO2)CCCC1. The molecular weight excluding hydrogens is 202 g/mol. The van der Waals surface area contributed by atoms with E-state index in [1.54, 1.807) is 0 Å². The Morgan fingerprint density at radius 1 is 1.38 bits per heavy atom. The van der Waals surface area contributed by atoms with Crippen molar-refractivity contribution in [3.8, 4) is 0 Å². The van der Waals surface area contributed by atoms with Crippen LogP contribution in [0.5, 0.6) is 0 Å². The van der Waals surface area contributed by atoms with Gasteiger partial charge in [0.05, 0.1) is 6.26 Å². The highest BCUT2D eigenvalue weighted by Crippen LogP contribution is 2.36. The van der Waals surface area contributed by atoms with Crippen LogP contribution in [0.3, 0.4) is 0 Å². The molecule has 1 aliphatic heterocycles. The molecule has 1 aliphatic carbocycles. The van der Waals surface area contributed by atoms with Gasteiger partial charge in [0.25, 0.3) is 0 Å². The Morgan fingerprint density at radius 2 is 2.19 bits per heavy atom. The van der Waals surface area contributed by atoms with Gasteiger partial charge in [0.1, 0.15) is 6.10 Å². The van der Waals surface area contributed by atoms with Gasteiger partial charge in [-0.1, -0.05) is 12.8 Å². The van der Waals surface area contributed by atoms with E-state index in [-0.39, 0.29) is 5.41 Å². The van der Waals surface area contributed by atoms with E-state index in [9.17, 15) is 5.11 Å². The standard InChI is InChI=1S/C13H23NO2/c15-11-13(6-2-3-7-13)10-14-9-12-5-1-4-8-16-12/h4,8,12,14-15H,1-3,5-7,9-11H2. The summed E-state index contributed by atoms with van der Waals surface area (Å²) in [5, 5.41) is 12.9. The molecule has 0 radical (unpaired) electrons. The number of rotatable bonds is 5. The molecule has 1 heterocycles. The van der Waals surface area contributed by atoms with Gasteiger partial charge in [0.2, 0.25) is 0 Å². The van der Waals surface area contributed by atoms with Crippen LogP contribution >= 0.6 is 0 Å². The Hall–Kier alpha value is -0.540. The third-order valence-corrected chi connectivity index (χ3v) is 3.89. The first-order valence-electron chi connectivity index (χ1n) is 6.47. The van der Waals surface area contributed by atoms with Crippen molar-refractivity contribution < 1.29 is 9.84 Å². The summed E-state index contributed by atoms with van der Waals surface area (Å²) in [6.45, 7) is 2.17. The van der Waals surface area contributed by atoms with Gasteiger partial charge in [-0.3, -0.25) is 0 Å². The molecule has 0 aromatic carbocycles. The van der Waals surface area contributed by atoms with E-state index < -0.39 is 0 Å². The molecule has 1 saturated carbocycles. The summed E-state index contributed by atoms with van der Waals surface area (Å²) in [6.07, 6.45) is 11.3. The minimum Gasteiger partial charge on any atom is -0.497 e. The Balaban J connectivity index is 1.68. The number of hydrogen-bond donors (Lipinski definition) is 2. The summed E-state index contributed by atoms with van der Waals surface area (Å²) in [7, 11) is 0. The van der Waals surface area contributed by atoms with Crippen LogP contribution in [0.1, 0.15) is 38.5 Å². The second kappa shape index (κ2) is 5.69. The second-order valence-corrected chi connectivity index (χ2v) is 5.20. The summed E-state index contributed by atoms with van der Waals surface area (Å²) in [4.78, 5) is 0. The number of hydrogen-bond acceptors (Lipinski definition) is 3. The van der Waals surface area contributed by atoms with Crippen LogP contribution in [0.25, 0.3) is 0 Å². The first-order valence-corrected chi connectivity index (χ1v) is 6.47. The molecule has 0 bridgehead atoms. The van der Waals surface area contributed by atoms with Crippen LogP contribution in [-0.2, 0) is 4.74 Å². The van der Waals surface area contributed by atoms with Crippen molar-refractivity contribution >= 4 is 0 Å². The van der Waals surface area contributed by atoms with Gasteiger partial charge in [0, 0.05) is 25.1 Å². The maximum atomic E-state index is 9.47. The zero-order valence-corrected chi connectivity index (χ0v) is 9.95. The highest BCUT2D eigenvalue weighted by atomic mass is 16.5. The average molecular weight is 225 g/mol. The zero-order chi connectivity index (χ0) is 11.3. The van der Waals surface area contributed by atoms with E-state index in [0.717, 1.165) is 25.9 Å². The van der Waals surface area contributed by atoms with Crippen LogP contribution in [0.4, 0.5) is 0 Å². The lowest BCUT2D eigenvalue weighted by Gasteiger charge is -2.28. The summed E-state index contributed by atoms with van der Waals surface area (Å²) in [5.74, 6) is 0. The minimum absolute atomic E-state index is 0.157. The number of nitrogens with one attached hydrogen (secondary N) is 1. The van der Waals surface area contributed by atoms with E-state index in [1.165, 1.54) is 25.7 Å². The topological polar surface area (TPSA) is 41.5 Å². The van der Waals surface area contributed by atoms with Crippen molar-refractivity contribution in [2.45, 2.75) is 44.6 Å².